The van der Waals surface area contributed by atoms with Gasteiger partial charge in [-0.3, -0.25) is 14.4 Å². The zero-order valence-corrected chi connectivity index (χ0v) is 15.9. The van der Waals surface area contributed by atoms with Crippen molar-refractivity contribution in [3.8, 4) is 5.75 Å². The summed E-state index contributed by atoms with van der Waals surface area (Å²) in [5, 5.41) is 18.9. The number of carbonyl (C=O) groups excluding carboxylic acids is 1. The fourth-order valence-electron chi connectivity index (χ4n) is 3.82. The summed E-state index contributed by atoms with van der Waals surface area (Å²) in [5.74, 6) is -0.734. The molecule has 3 aromatic rings. The number of phenols is 1. The van der Waals surface area contributed by atoms with Gasteiger partial charge >= 0.3 is 0 Å². The van der Waals surface area contributed by atoms with Gasteiger partial charge in [-0.25, -0.2) is 0 Å². The second kappa shape index (κ2) is 7.43. The van der Waals surface area contributed by atoms with Crippen molar-refractivity contribution in [1.82, 2.24) is 5.32 Å². The number of anilines is 3. The first-order valence-corrected chi connectivity index (χ1v) is 9.50. The standard InChI is InChI=1S/C22H21N3O4/c1-23-22(29)14-9-5-11-16(19(14)26)25-18-17(20(27)21(18)28)24-15-10-4-7-12-6-2-3-8-13(12)15/h2-3,5-6,8-9,11,15,24-26H,4,7,10H2,1H3,(H,23,29)/t15-/m1/s1. The van der Waals surface area contributed by atoms with Crippen LogP contribution < -0.4 is 26.8 Å². The Labute approximate surface area is 167 Å². The first-order chi connectivity index (χ1) is 14.0. The van der Waals surface area contributed by atoms with Crippen LogP contribution in [0.2, 0.25) is 0 Å². The Morgan fingerprint density at radius 3 is 2.59 bits per heavy atom. The van der Waals surface area contributed by atoms with Crippen LogP contribution in [0, 0.1) is 0 Å². The summed E-state index contributed by atoms with van der Waals surface area (Å²) >= 11 is 0. The molecule has 148 valence electrons. The molecule has 0 bridgehead atoms. The average molecular weight is 391 g/mol. The Kier molecular flexibility index (Phi) is 4.80. The third kappa shape index (κ3) is 3.24. The Bertz CT molecular complexity index is 1160. The van der Waals surface area contributed by atoms with Gasteiger partial charge in [0.2, 0.25) is 0 Å². The molecular formula is C22H21N3O4. The van der Waals surface area contributed by atoms with Crippen LogP contribution >= 0.6 is 0 Å². The SMILES string of the molecule is CNC(=O)c1cccc(Nc2c(N[C@@H]3CCCc4ccccc43)c(=O)c2=O)c1O. The maximum Gasteiger partial charge on any atom is 0.254 e. The van der Waals surface area contributed by atoms with Crippen LogP contribution in [0.4, 0.5) is 17.1 Å². The van der Waals surface area contributed by atoms with Crippen molar-refractivity contribution >= 4 is 23.0 Å². The lowest BCUT2D eigenvalue weighted by molar-refractivity contribution is 0.0960. The molecule has 0 saturated heterocycles. The van der Waals surface area contributed by atoms with Gasteiger partial charge in [-0.2, -0.15) is 0 Å². The molecule has 4 rings (SSSR count). The quantitative estimate of drug-likeness (QED) is 0.393. The second-order valence-electron chi connectivity index (χ2n) is 7.10. The normalized spacial score (nSPS) is 15.6. The summed E-state index contributed by atoms with van der Waals surface area (Å²) in [6.07, 6.45) is 2.83. The highest BCUT2D eigenvalue weighted by Crippen LogP contribution is 2.35. The Morgan fingerprint density at radius 2 is 1.79 bits per heavy atom. The van der Waals surface area contributed by atoms with Crippen LogP contribution in [-0.4, -0.2) is 18.1 Å². The van der Waals surface area contributed by atoms with Crippen LogP contribution in [-0.2, 0) is 6.42 Å². The van der Waals surface area contributed by atoms with E-state index in [9.17, 15) is 19.5 Å². The Balaban J connectivity index is 1.63. The number of amides is 1. The van der Waals surface area contributed by atoms with Gasteiger partial charge in [-0.05, 0) is 42.5 Å². The molecule has 0 unspecified atom stereocenters. The van der Waals surface area contributed by atoms with Crippen molar-refractivity contribution < 1.29 is 9.90 Å². The molecule has 0 fully saturated rings. The largest absolute Gasteiger partial charge is 0.505 e. The highest BCUT2D eigenvalue weighted by Gasteiger charge is 2.27. The number of nitrogens with one attached hydrogen (secondary N) is 3. The van der Waals surface area contributed by atoms with Gasteiger partial charge < -0.3 is 21.1 Å². The molecule has 0 aliphatic heterocycles. The lowest BCUT2D eigenvalue weighted by Gasteiger charge is -2.28. The van der Waals surface area contributed by atoms with Crippen LogP contribution in [0.15, 0.2) is 52.1 Å². The van der Waals surface area contributed by atoms with Gasteiger partial charge in [-0.15, -0.1) is 0 Å². The van der Waals surface area contributed by atoms with Crippen molar-refractivity contribution in [2.24, 2.45) is 0 Å². The van der Waals surface area contributed by atoms with Crippen molar-refractivity contribution in [2.45, 2.75) is 25.3 Å². The van der Waals surface area contributed by atoms with E-state index in [0.29, 0.717) is 0 Å². The third-order valence-corrected chi connectivity index (χ3v) is 5.37. The summed E-state index contributed by atoms with van der Waals surface area (Å²) in [6, 6.07) is 12.6. The molecule has 0 spiro atoms. The molecule has 0 aromatic heterocycles. The minimum Gasteiger partial charge on any atom is -0.505 e. The highest BCUT2D eigenvalue weighted by atomic mass is 16.3. The summed E-state index contributed by atoms with van der Waals surface area (Å²) in [7, 11) is 1.46. The van der Waals surface area contributed by atoms with Crippen molar-refractivity contribution in [3.05, 3.63) is 79.6 Å². The second-order valence-corrected chi connectivity index (χ2v) is 7.10. The fraction of sp³-hybridized carbons (Fsp3) is 0.227. The Morgan fingerprint density at radius 1 is 1.03 bits per heavy atom. The fourth-order valence-corrected chi connectivity index (χ4v) is 3.82. The lowest BCUT2D eigenvalue weighted by Crippen LogP contribution is -2.38. The molecule has 0 heterocycles. The number of aromatic hydroxyl groups is 1. The minimum absolute atomic E-state index is 0.0606. The monoisotopic (exact) mass is 391 g/mol. The first-order valence-electron chi connectivity index (χ1n) is 9.50. The van der Waals surface area contributed by atoms with E-state index >= 15 is 0 Å². The van der Waals surface area contributed by atoms with Crippen LogP contribution in [0.1, 0.15) is 40.4 Å². The number of aryl methyl sites for hydroxylation is 1. The lowest BCUT2D eigenvalue weighted by atomic mass is 9.87. The number of hydrogen-bond acceptors (Lipinski definition) is 6. The minimum atomic E-state index is -0.652. The van der Waals surface area contributed by atoms with Crippen molar-refractivity contribution in [3.63, 3.8) is 0 Å². The van der Waals surface area contributed by atoms with Crippen molar-refractivity contribution in [1.29, 1.82) is 0 Å². The number of para-hydroxylation sites is 1. The van der Waals surface area contributed by atoms with E-state index in [4.69, 9.17) is 0 Å². The van der Waals surface area contributed by atoms with E-state index in [0.717, 1.165) is 24.8 Å². The third-order valence-electron chi connectivity index (χ3n) is 5.37. The zero-order chi connectivity index (χ0) is 20.5. The number of carbonyl (C=O) groups is 1. The molecule has 7 nitrogen and oxygen atoms in total. The number of rotatable bonds is 5. The van der Waals surface area contributed by atoms with Gasteiger partial charge in [0.05, 0.1) is 17.3 Å². The van der Waals surface area contributed by atoms with E-state index in [1.807, 2.05) is 18.2 Å². The van der Waals surface area contributed by atoms with Crippen LogP contribution in [0.5, 0.6) is 5.75 Å². The van der Waals surface area contributed by atoms with Gasteiger partial charge in [-0.1, -0.05) is 30.3 Å². The smallest absolute Gasteiger partial charge is 0.254 e. The number of hydrogen-bond donors (Lipinski definition) is 4. The zero-order valence-electron chi connectivity index (χ0n) is 15.9. The first kappa shape index (κ1) is 18.7. The van der Waals surface area contributed by atoms with E-state index < -0.39 is 16.8 Å². The van der Waals surface area contributed by atoms with E-state index in [1.165, 1.54) is 18.7 Å². The predicted molar refractivity (Wildman–Crippen MR) is 112 cm³/mol. The maximum atomic E-state index is 12.2. The molecule has 7 heteroatoms. The number of benzene rings is 2. The highest BCUT2D eigenvalue weighted by molar-refractivity contribution is 5.99. The summed E-state index contributed by atoms with van der Waals surface area (Å²) in [6.45, 7) is 0. The molecule has 1 atom stereocenters. The van der Waals surface area contributed by atoms with E-state index in [2.05, 4.69) is 22.0 Å². The van der Waals surface area contributed by atoms with Gasteiger partial charge in [0, 0.05) is 7.05 Å². The summed E-state index contributed by atoms with van der Waals surface area (Å²) in [5.41, 5.74) is 1.70. The molecule has 0 saturated carbocycles. The van der Waals surface area contributed by atoms with E-state index in [1.54, 1.807) is 12.1 Å². The van der Waals surface area contributed by atoms with Crippen LogP contribution in [0.3, 0.4) is 0 Å². The average Bonchev–Trinajstić information content (AvgIpc) is 2.76. The Hall–Kier alpha value is -3.61. The number of phenolic OH excluding ortho intramolecular Hbond substituents is 1. The molecule has 1 aliphatic carbocycles. The molecular weight excluding hydrogens is 370 g/mol. The maximum absolute atomic E-state index is 12.2. The predicted octanol–water partition coefficient (Wildman–Crippen LogP) is 2.58. The van der Waals surface area contributed by atoms with Gasteiger partial charge in [0.15, 0.2) is 5.75 Å². The van der Waals surface area contributed by atoms with Gasteiger partial charge in [0.1, 0.15) is 11.4 Å². The molecule has 1 aliphatic rings. The van der Waals surface area contributed by atoms with Crippen LogP contribution in [0.25, 0.3) is 0 Å². The van der Waals surface area contributed by atoms with Crippen molar-refractivity contribution in [2.75, 3.05) is 17.7 Å². The molecule has 29 heavy (non-hydrogen) atoms. The summed E-state index contributed by atoms with van der Waals surface area (Å²) in [4.78, 5) is 36.3. The summed E-state index contributed by atoms with van der Waals surface area (Å²) < 4.78 is 0. The number of fused-ring (bicyclic) bond motifs is 1. The van der Waals surface area contributed by atoms with E-state index in [-0.39, 0.29) is 34.4 Å². The molecule has 0 radical (unpaired) electrons. The molecule has 3 aromatic carbocycles. The molecule has 4 N–H and O–H groups in total. The topological polar surface area (TPSA) is 108 Å². The van der Waals surface area contributed by atoms with Gasteiger partial charge in [0.25, 0.3) is 16.8 Å². The molecule has 1 amide bonds.